The largest absolute Gasteiger partial charge is 0.326 e. The van der Waals surface area contributed by atoms with Crippen LogP contribution in [0.25, 0.3) is 0 Å². The highest BCUT2D eigenvalue weighted by atomic mass is 79.9. The maximum Gasteiger partial charge on any atom is 0.241 e. The average Bonchev–Trinajstić information content (AvgIpc) is 2.98. The van der Waals surface area contributed by atoms with E-state index in [1.165, 1.54) is 6.07 Å². The molecular weight excluding hydrogens is 406 g/mol. The zero-order valence-corrected chi connectivity index (χ0v) is 15.6. The Morgan fingerprint density at radius 1 is 1.30 bits per heavy atom. The molecule has 1 saturated heterocycles. The summed E-state index contributed by atoms with van der Waals surface area (Å²) in [6, 6.07) is 3.49. The lowest BCUT2D eigenvalue weighted by molar-refractivity contribution is -0.116. The van der Waals surface area contributed by atoms with Gasteiger partial charge in [0.1, 0.15) is 0 Å². The van der Waals surface area contributed by atoms with Crippen LogP contribution in [0.2, 0.25) is 0 Å². The third-order valence-corrected chi connectivity index (χ3v) is 6.41. The summed E-state index contributed by atoms with van der Waals surface area (Å²) >= 11 is 3.33. The van der Waals surface area contributed by atoms with E-state index in [1.54, 1.807) is 6.07 Å². The first-order chi connectivity index (χ1) is 10.5. The molecule has 0 aliphatic carbocycles. The minimum absolute atomic E-state index is 0. The molecule has 2 aliphatic heterocycles. The van der Waals surface area contributed by atoms with Gasteiger partial charge < -0.3 is 10.6 Å². The second-order valence-electron chi connectivity index (χ2n) is 5.63. The maximum atomic E-state index is 12.5. The van der Waals surface area contributed by atoms with Crippen molar-refractivity contribution in [3.05, 3.63) is 22.2 Å². The van der Waals surface area contributed by atoms with Crippen LogP contribution < -0.4 is 15.4 Å². The molecule has 2 aliphatic rings. The molecule has 6 nitrogen and oxygen atoms in total. The van der Waals surface area contributed by atoms with Gasteiger partial charge in [-0.2, -0.15) is 0 Å². The summed E-state index contributed by atoms with van der Waals surface area (Å²) in [5, 5.41) is 5.99. The molecule has 1 aromatic carbocycles. The van der Waals surface area contributed by atoms with Crippen molar-refractivity contribution < 1.29 is 13.2 Å². The van der Waals surface area contributed by atoms with E-state index in [0.29, 0.717) is 29.5 Å². The van der Waals surface area contributed by atoms with Gasteiger partial charge in [0.05, 0.1) is 4.90 Å². The van der Waals surface area contributed by atoms with Crippen LogP contribution in [0.1, 0.15) is 24.8 Å². The van der Waals surface area contributed by atoms with E-state index < -0.39 is 10.0 Å². The van der Waals surface area contributed by atoms with Crippen molar-refractivity contribution in [1.29, 1.82) is 0 Å². The van der Waals surface area contributed by atoms with Crippen molar-refractivity contribution in [3.8, 4) is 0 Å². The Balaban J connectivity index is 0.00000192. The molecule has 3 N–H and O–H groups in total. The van der Waals surface area contributed by atoms with Gasteiger partial charge in [-0.15, -0.1) is 12.4 Å². The number of hydrogen-bond donors (Lipinski definition) is 3. The van der Waals surface area contributed by atoms with Gasteiger partial charge in [0.15, 0.2) is 0 Å². The Kier molecular flexibility index (Phi) is 6.07. The summed E-state index contributed by atoms with van der Waals surface area (Å²) in [4.78, 5) is 11.6. The van der Waals surface area contributed by atoms with E-state index >= 15 is 0 Å². The number of rotatable bonds is 4. The monoisotopic (exact) mass is 423 g/mol. The van der Waals surface area contributed by atoms with Gasteiger partial charge in [0, 0.05) is 29.2 Å². The Morgan fingerprint density at radius 3 is 2.78 bits per heavy atom. The predicted octanol–water partition coefficient (Wildman–Crippen LogP) is 1.79. The molecule has 1 unspecified atom stereocenters. The number of amides is 1. The number of halogens is 2. The molecule has 9 heteroatoms. The molecule has 0 bridgehead atoms. The molecule has 1 amide bonds. The summed E-state index contributed by atoms with van der Waals surface area (Å²) in [6.07, 6.45) is 3.10. The van der Waals surface area contributed by atoms with E-state index in [-0.39, 0.29) is 29.3 Å². The zero-order chi connectivity index (χ0) is 15.7. The van der Waals surface area contributed by atoms with E-state index in [0.717, 1.165) is 24.9 Å². The topological polar surface area (TPSA) is 87.3 Å². The Bertz CT molecular complexity index is 705. The van der Waals surface area contributed by atoms with Crippen LogP contribution in [0.4, 0.5) is 5.69 Å². The lowest BCUT2D eigenvalue weighted by Crippen LogP contribution is -2.37. The summed E-state index contributed by atoms with van der Waals surface area (Å²) in [6.45, 7) is 1.30. The van der Waals surface area contributed by atoms with Crippen molar-refractivity contribution in [1.82, 2.24) is 10.0 Å². The summed E-state index contributed by atoms with van der Waals surface area (Å²) in [7, 11) is -3.62. The second-order valence-corrected chi connectivity index (χ2v) is 8.22. The van der Waals surface area contributed by atoms with Gasteiger partial charge in [0.25, 0.3) is 0 Å². The molecule has 0 spiro atoms. The fraction of sp³-hybridized carbons (Fsp3) is 0.500. The van der Waals surface area contributed by atoms with Crippen LogP contribution in [0.15, 0.2) is 21.5 Å². The first kappa shape index (κ1) is 18.7. The first-order valence-electron chi connectivity index (χ1n) is 7.31. The first-order valence-corrected chi connectivity index (χ1v) is 9.58. The number of carbonyl (C=O) groups is 1. The fourth-order valence-electron chi connectivity index (χ4n) is 2.80. The second kappa shape index (κ2) is 7.48. The van der Waals surface area contributed by atoms with Crippen molar-refractivity contribution in [3.63, 3.8) is 0 Å². The number of benzene rings is 1. The van der Waals surface area contributed by atoms with E-state index in [1.807, 2.05) is 0 Å². The molecule has 1 atom stereocenters. The highest BCUT2D eigenvalue weighted by molar-refractivity contribution is 9.10. The Hall–Kier alpha value is -0.670. The summed E-state index contributed by atoms with van der Waals surface area (Å²) in [5.41, 5.74) is 1.53. The molecule has 3 rings (SSSR count). The van der Waals surface area contributed by atoms with Crippen molar-refractivity contribution >= 4 is 50.0 Å². The van der Waals surface area contributed by atoms with Gasteiger partial charge in [-0.05, 0) is 59.4 Å². The van der Waals surface area contributed by atoms with Gasteiger partial charge in [-0.3, -0.25) is 4.79 Å². The number of aryl methyl sites for hydroxylation is 1. The van der Waals surface area contributed by atoms with E-state index in [9.17, 15) is 13.2 Å². The predicted molar refractivity (Wildman–Crippen MR) is 94.6 cm³/mol. The Labute approximate surface area is 150 Å². The number of anilines is 1. The van der Waals surface area contributed by atoms with Crippen LogP contribution >= 0.6 is 28.3 Å². The fourth-order valence-corrected chi connectivity index (χ4v) is 5.00. The average molecular weight is 425 g/mol. The molecule has 0 radical (unpaired) electrons. The van der Waals surface area contributed by atoms with Crippen LogP contribution in [-0.4, -0.2) is 33.5 Å². The smallest absolute Gasteiger partial charge is 0.241 e. The quantitative estimate of drug-likeness (QED) is 0.688. The number of fused-ring (bicyclic) bond motifs is 1. The van der Waals surface area contributed by atoms with Crippen LogP contribution in [0.3, 0.4) is 0 Å². The lowest BCUT2D eigenvalue weighted by atomic mass is 10.0. The molecule has 0 aromatic heterocycles. The van der Waals surface area contributed by atoms with Gasteiger partial charge in [-0.1, -0.05) is 0 Å². The minimum Gasteiger partial charge on any atom is -0.326 e. The van der Waals surface area contributed by atoms with Gasteiger partial charge in [-0.25, -0.2) is 13.1 Å². The highest BCUT2D eigenvalue weighted by Crippen LogP contribution is 2.32. The van der Waals surface area contributed by atoms with Crippen LogP contribution in [-0.2, 0) is 21.2 Å². The maximum absolute atomic E-state index is 12.5. The van der Waals surface area contributed by atoms with Gasteiger partial charge >= 0.3 is 0 Å². The zero-order valence-electron chi connectivity index (χ0n) is 12.4. The normalized spacial score (nSPS) is 20.6. The number of sulfonamides is 1. The van der Waals surface area contributed by atoms with Crippen LogP contribution in [0.5, 0.6) is 0 Å². The lowest BCUT2D eigenvalue weighted by Gasteiger charge is -2.19. The molecule has 1 aromatic rings. The third kappa shape index (κ3) is 4.24. The molecular formula is C14H19BrClN3O3S. The van der Waals surface area contributed by atoms with Crippen molar-refractivity contribution in [2.24, 2.45) is 0 Å². The molecule has 0 saturated carbocycles. The van der Waals surface area contributed by atoms with E-state index in [4.69, 9.17) is 0 Å². The molecule has 128 valence electrons. The molecule has 1 fully saturated rings. The third-order valence-electron chi connectivity index (χ3n) is 4.02. The number of nitrogens with one attached hydrogen (secondary N) is 3. The van der Waals surface area contributed by atoms with E-state index in [2.05, 4.69) is 31.3 Å². The number of hydrogen-bond acceptors (Lipinski definition) is 4. The van der Waals surface area contributed by atoms with Crippen LogP contribution in [0, 0.1) is 0 Å². The van der Waals surface area contributed by atoms with Gasteiger partial charge in [0.2, 0.25) is 15.9 Å². The standard InChI is InChI=1S/C14H18BrN3O3S.ClH/c15-11-6-9-3-4-14(19)18-12(9)7-13(11)22(20,21)17-8-10-2-1-5-16-10;/h6-7,10,16-17H,1-5,8H2,(H,18,19);1H. The van der Waals surface area contributed by atoms with Crippen molar-refractivity contribution in [2.45, 2.75) is 36.6 Å². The highest BCUT2D eigenvalue weighted by Gasteiger charge is 2.24. The number of carbonyl (C=O) groups excluding carboxylic acids is 1. The summed E-state index contributed by atoms with van der Waals surface area (Å²) in [5.74, 6) is -0.0821. The molecule has 2 heterocycles. The summed E-state index contributed by atoms with van der Waals surface area (Å²) < 4.78 is 28.2. The van der Waals surface area contributed by atoms with Crippen molar-refractivity contribution in [2.75, 3.05) is 18.4 Å². The minimum atomic E-state index is -3.62. The molecule has 23 heavy (non-hydrogen) atoms. The Morgan fingerprint density at radius 2 is 2.09 bits per heavy atom. The SMILES string of the molecule is Cl.O=C1CCc2cc(Br)c(S(=O)(=O)NCC3CCCN3)cc2N1.